The molecule has 0 saturated heterocycles. The number of nitrogen functional groups attached to an aromatic ring is 1. The Labute approximate surface area is 109 Å². The highest BCUT2D eigenvalue weighted by Crippen LogP contribution is 2.27. The minimum Gasteiger partial charge on any atom is -0.397 e. The number of hydrogen-bond acceptors (Lipinski definition) is 3. The van der Waals surface area contributed by atoms with Crippen molar-refractivity contribution in [1.29, 1.82) is 0 Å². The molecule has 1 aromatic rings. The lowest BCUT2D eigenvalue weighted by atomic mass is 10.1. The lowest BCUT2D eigenvalue weighted by Gasteiger charge is -2.32. The number of nitrogens with zero attached hydrogens (tertiary/aromatic N) is 1. The second-order valence-corrected chi connectivity index (χ2v) is 5.28. The van der Waals surface area contributed by atoms with Crippen molar-refractivity contribution in [2.24, 2.45) is 11.7 Å². The van der Waals surface area contributed by atoms with Gasteiger partial charge in [0, 0.05) is 18.2 Å². The number of amides is 1. The Morgan fingerprint density at radius 1 is 1.28 bits per heavy atom. The third-order valence-electron chi connectivity index (χ3n) is 2.81. The number of carbonyl (C=O) groups excluding carboxylic acids is 1. The fourth-order valence-corrected chi connectivity index (χ4v) is 1.93. The van der Waals surface area contributed by atoms with Crippen molar-refractivity contribution in [3.8, 4) is 0 Å². The minimum absolute atomic E-state index is 0.317. The molecule has 1 rings (SSSR count). The Morgan fingerprint density at radius 3 is 2.33 bits per heavy atom. The van der Waals surface area contributed by atoms with E-state index in [9.17, 15) is 4.79 Å². The lowest BCUT2D eigenvalue weighted by molar-refractivity contribution is 0.100. The van der Waals surface area contributed by atoms with Crippen LogP contribution in [0.3, 0.4) is 0 Å². The van der Waals surface area contributed by atoms with E-state index in [0.29, 0.717) is 23.2 Å². The molecule has 0 fully saturated rings. The SMILES string of the molecule is CC(C)CN(c1cc(C(N)=O)ccc1N)C(C)C. The van der Waals surface area contributed by atoms with Crippen molar-refractivity contribution in [3.05, 3.63) is 23.8 Å². The van der Waals surface area contributed by atoms with Crippen LogP contribution >= 0.6 is 0 Å². The summed E-state index contributed by atoms with van der Waals surface area (Å²) in [5.74, 6) is 0.0912. The molecule has 4 nitrogen and oxygen atoms in total. The average Bonchev–Trinajstić information content (AvgIpc) is 2.26. The van der Waals surface area contributed by atoms with Crippen molar-refractivity contribution in [3.63, 3.8) is 0 Å². The summed E-state index contributed by atoms with van der Waals surface area (Å²) in [6.45, 7) is 9.43. The maximum Gasteiger partial charge on any atom is 0.248 e. The van der Waals surface area contributed by atoms with Gasteiger partial charge in [0.05, 0.1) is 11.4 Å². The van der Waals surface area contributed by atoms with Crippen LogP contribution in [0.4, 0.5) is 11.4 Å². The highest BCUT2D eigenvalue weighted by atomic mass is 16.1. The lowest BCUT2D eigenvalue weighted by Crippen LogP contribution is -2.35. The number of nitrogens with two attached hydrogens (primary N) is 2. The predicted octanol–water partition coefficient (Wildman–Crippen LogP) is 2.24. The average molecular weight is 249 g/mol. The summed E-state index contributed by atoms with van der Waals surface area (Å²) in [6.07, 6.45) is 0. The van der Waals surface area contributed by atoms with E-state index in [1.54, 1.807) is 18.2 Å². The van der Waals surface area contributed by atoms with E-state index in [0.717, 1.165) is 12.2 Å². The summed E-state index contributed by atoms with van der Waals surface area (Å²) < 4.78 is 0. The normalized spacial score (nSPS) is 11.0. The van der Waals surface area contributed by atoms with Gasteiger partial charge in [-0.15, -0.1) is 0 Å². The molecule has 4 N–H and O–H groups in total. The van der Waals surface area contributed by atoms with E-state index < -0.39 is 5.91 Å². The summed E-state index contributed by atoms with van der Waals surface area (Å²) in [7, 11) is 0. The molecule has 100 valence electrons. The van der Waals surface area contributed by atoms with E-state index in [1.807, 2.05) is 0 Å². The van der Waals surface area contributed by atoms with Crippen LogP contribution < -0.4 is 16.4 Å². The third-order valence-corrected chi connectivity index (χ3v) is 2.81. The predicted molar refractivity (Wildman–Crippen MR) is 76.7 cm³/mol. The zero-order chi connectivity index (χ0) is 13.9. The molecule has 0 saturated carbocycles. The van der Waals surface area contributed by atoms with Crippen molar-refractivity contribution < 1.29 is 4.79 Å². The summed E-state index contributed by atoms with van der Waals surface area (Å²) in [5.41, 5.74) is 13.4. The number of anilines is 2. The molecule has 0 radical (unpaired) electrons. The Balaban J connectivity index is 3.17. The standard InChI is InChI=1S/C14H23N3O/c1-9(2)8-17(10(3)4)13-7-11(14(16)18)5-6-12(13)15/h5-7,9-10H,8,15H2,1-4H3,(H2,16,18). The first-order chi connectivity index (χ1) is 8.32. The Hall–Kier alpha value is -1.71. The molecule has 1 aromatic carbocycles. The number of primary amides is 1. The second kappa shape index (κ2) is 5.76. The zero-order valence-corrected chi connectivity index (χ0v) is 11.6. The van der Waals surface area contributed by atoms with Gasteiger partial charge in [-0.3, -0.25) is 4.79 Å². The van der Waals surface area contributed by atoms with Crippen LogP contribution in [0.5, 0.6) is 0 Å². The van der Waals surface area contributed by atoms with Crippen molar-refractivity contribution in [2.75, 3.05) is 17.2 Å². The van der Waals surface area contributed by atoms with Gasteiger partial charge in [0.2, 0.25) is 5.91 Å². The van der Waals surface area contributed by atoms with Crippen molar-refractivity contribution >= 4 is 17.3 Å². The highest BCUT2D eigenvalue weighted by Gasteiger charge is 2.16. The van der Waals surface area contributed by atoms with Gasteiger partial charge in [-0.25, -0.2) is 0 Å². The summed E-state index contributed by atoms with van der Waals surface area (Å²) in [4.78, 5) is 13.4. The van der Waals surface area contributed by atoms with Gasteiger partial charge in [0.1, 0.15) is 0 Å². The fraction of sp³-hybridized carbons (Fsp3) is 0.500. The molecule has 18 heavy (non-hydrogen) atoms. The smallest absolute Gasteiger partial charge is 0.248 e. The van der Waals surface area contributed by atoms with Gasteiger partial charge < -0.3 is 16.4 Å². The van der Waals surface area contributed by atoms with Crippen LogP contribution in [0.25, 0.3) is 0 Å². The van der Waals surface area contributed by atoms with E-state index in [4.69, 9.17) is 11.5 Å². The summed E-state index contributed by atoms with van der Waals surface area (Å²) in [5, 5.41) is 0. The minimum atomic E-state index is -0.426. The number of benzene rings is 1. The first-order valence-electron chi connectivity index (χ1n) is 6.29. The molecule has 0 heterocycles. The van der Waals surface area contributed by atoms with Gasteiger partial charge >= 0.3 is 0 Å². The zero-order valence-electron chi connectivity index (χ0n) is 11.6. The third kappa shape index (κ3) is 3.39. The quantitative estimate of drug-likeness (QED) is 0.786. The molecule has 0 aliphatic rings. The topological polar surface area (TPSA) is 72.3 Å². The van der Waals surface area contributed by atoms with Gasteiger partial charge in [0.25, 0.3) is 0 Å². The highest BCUT2D eigenvalue weighted by molar-refractivity contribution is 5.95. The monoisotopic (exact) mass is 249 g/mol. The summed E-state index contributed by atoms with van der Waals surface area (Å²) in [6, 6.07) is 5.50. The molecule has 4 heteroatoms. The van der Waals surface area contributed by atoms with Gasteiger partial charge in [0.15, 0.2) is 0 Å². The first-order valence-corrected chi connectivity index (χ1v) is 6.29. The van der Waals surface area contributed by atoms with Crippen molar-refractivity contribution in [2.45, 2.75) is 33.7 Å². The van der Waals surface area contributed by atoms with Gasteiger partial charge in [-0.05, 0) is 38.0 Å². The molecule has 0 aromatic heterocycles. The Morgan fingerprint density at radius 2 is 1.89 bits per heavy atom. The van der Waals surface area contributed by atoms with Crippen LogP contribution in [-0.2, 0) is 0 Å². The number of carbonyl (C=O) groups is 1. The summed E-state index contributed by atoms with van der Waals surface area (Å²) >= 11 is 0. The maximum atomic E-state index is 11.2. The van der Waals surface area contributed by atoms with Crippen molar-refractivity contribution in [1.82, 2.24) is 0 Å². The van der Waals surface area contributed by atoms with Gasteiger partial charge in [-0.2, -0.15) is 0 Å². The molecule has 0 atom stereocenters. The first kappa shape index (κ1) is 14.4. The molecular formula is C14H23N3O. The second-order valence-electron chi connectivity index (χ2n) is 5.28. The van der Waals surface area contributed by atoms with Crippen LogP contribution in [0, 0.1) is 5.92 Å². The van der Waals surface area contributed by atoms with E-state index >= 15 is 0 Å². The maximum absolute atomic E-state index is 11.2. The van der Waals surface area contributed by atoms with E-state index in [2.05, 4.69) is 32.6 Å². The van der Waals surface area contributed by atoms with Crippen LogP contribution in [0.2, 0.25) is 0 Å². The molecule has 0 aliphatic carbocycles. The molecule has 0 aliphatic heterocycles. The Kier molecular flexibility index (Phi) is 4.59. The van der Waals surface area contributed by atoms with E-state index in [-0.39, 0.29) is 0 Å². The number of rotatable bonds is 5. The molecule has 1 amide bonds. The van der Waals surface area contributed by atoms with E-state index in [1.165, 1.54) is 0 Å². The number of hydrogen-bond donors (Lipinski definition) is 2. The fourth-order valence-electron chi connectivity index (χ4n) is 1.93. The molecule has 0 bridgehead atoms. The van der Waals surface area contributed by atoms with Gasteiger partial charge in [-0.1, -0.05) is 13.8 Å². The van der Waals surface area contributed by atoms with Crippen LogP contribution in [-0.4, -0.2) is 18.5 Å². The largest absolute Gasteiger partial charge is 0.397 e. The Bertz CT molecular complexity index is 427. The van der Waals surface area contributed by atoms with Crippen LogP contribution in [0.15, 0.2) is 18.2 Å². The molecule has 0 unspecified atom stereocenters. The molecular weight excluding hydrogens is 226 g/mol. The van der Waals surface area contributed by atoms with Crippen LogP contribution in [0.1, 0.15) is 38.1 Å². The molecule has 0 spiro atoms.